The molecule has 42 heavy (non-hydrogen) atoms. The number of fused-ring (bicyclic) bond motifs is 5. The van der Waals surface area contributed by atoms with E-state index in [1.807, 2.05) is 13.8 Å². The predicted octanol–water partition coefficient (Wildman–Crippen LogP) is 6.22. The quantitative estimate of drug-likeness (QED) is 0.362. The number of carbonyl (C=O) groups is 2. The Morgan fingerprint density at radius 3 is 2.52 bits per heavy atom. The van der Waals surface area contributed by atoms with E-state index in [1.165, 1.54) is 12.2 Å². The molecule has 3 N–H and O–H groups in total. The van der Waals surface area contributed by atoms with Crippen molar-refractivity contribution in [3.05, 3.63) is 70.3 Å². The summed E-state index contributed by atoms with van der Waals surface area (Å²) in [6.45, 7) is 5.50. The van der Waals surface area contributed by atoms with Gasteiger partial charge in [-0.15, -0.1) is 11.3 Å². The zero-order chi connectivity index (χ0) is 30.5. The summed E-state index contributed by atoms with van der Waals surface area (Å²) in [4.78, 5) is 29.3. The standard InChI is InChI=1S/C31H32F4N2O4S/c1-16-12-22-21-9-8-19-13-20(38)10-11-27(19,2)29(21,32)24(39)14-28(22,3)30(16,41)23-15-42-26(36-23)37-25(40)17-4-6-18(7-5-17)31(33,34)35/h4-7,10-11,13,15-16,21-22,24,39,41H,8-9,12,14H2,1-3H3,(H,36,37,40). The van der Waals surface area contributed by atoms with Gasteiger partial charge in [0.1, 0.15) is 5.60 Å². The fourth-order valence-corrected chi connectivity index (χ4v) is 9.34. The Hall–Kier alpha value is -2.89. The van der Waals surface area contributed by atoms with Crippen LogP contribution in [0.4, 0.5) is 22.7 Å². The Bertz CT molecular complexity index is 1520. The summed E-state index contributed by atoms with van der Waals surface area (Å²) in [5.41, 5.74) is -5.49. The molecule has 4 aliphatic carbocycles. The summed E-state index contributed by atoms with van der Waals surface area (Å²) in [7, 11) is 0. The van der Waals surface area contributed by atoms with Crippen LogP contribution in [0.3, 0.4) is 0 Å². The van der Waals surface area contributed by atoms with Crippen LogP contribution in [0.25, 0.3) is 0 Å². The van der Waals surface area contributed by atoms with Gasteiger partial charge in [0.2, 0.25) is 0 Å². The van der Waals surface area contributed by atoms with E-state index in [2.05, 4.69) is 10.3 Å². The van der Waals surface area contributed by atoms with Crippen molar-refractivity contribution in [2.75, 3.05) is 5.32 Å². The number of alkyl halides is 4. The van der Waals surface area contributed by atoms with Crippen LogP contribution in [0.15, 0.2) is 53.4 Å². The maximum absolute atomic E-state index is 17.4. The van der Waals surface area contributed by atoms with Crippen LogP contribution in [0.2, 0.25) is 0 Å². The van der Waals surface area contributed by atoms with E-state index < -0.39 is 51.8 Å². The van der Waals surface area contributed by atoms with Gasteiger partial charge in [-0.25, -0.2) is 9.37 Å². The number of amides is 1. The van der Waals surface area contributed by atoms with Gasteiger partial charge in [0.05, 0.1) is 17.4 Å². The molecule has 3 saturated carbocycles. The van der Waals surface area contributed by atoms with E-state index in [0.29, 0.717) is 30.5 Å². The molecule has 8 unspecified atom stereocenters. The van der Waals surface area contributed by atoms with Crippen molar-refractivity contribution in [1.82, 2.24) is 4.98 Å². The molecule has 6 rings (SSSR count). The fourth-order valence-electron chi connectivity index (χ4n) is 8.58. The number of halogens is 4. The Morgan fingerprint density at radius 2 is 1.86 bits per heavy atom. The molecule has 0 spiro atoms. The molecular formula is C31H32F4N2O4S. The maximum Gasteiger partial charge on any atom is 0.416 e. The van der Waals surface area contributed by atoms with E-state index in [4.69, 9.17) is 0 Å². The van der Waals surface area contributed by atoms with Crippen molar-refractivity contribution in [3.63, 3.8) is 0 Å². The number of nitrogens with zero attached hydrogens (tertiary/aromatic N) is 1. The Balaban J connectivity index is 1.29. The summed E-state index contributed by atoms with van der Waals surface area (Å²) in [6, 6.07) is 3.83. The Kier molecular flexibility index (Phi) is 6.47. The molecule has 8 atom stereocenters. The highest BCUT2D eigenvalue weighted by atomic mass is 32.1. The molecule has 6 nitrogen and oxygen atoms in total. The van der Waals surface area contributed by atoms with E-state index in [9.17, 15) is 33.0 Å². The Labute approximate surface area is 244 Å². The number of aliphatic hydroxyl groups excluding tert-OH is 1. The van der Waals surface area contributed by atoms with E-state index in [1.54, 1.807) is 18.4 Å². The second-order valence-corrected chi connectivity index (χ2v) is 13.6. The number of aromatic nitrogens is 1. The van der Waals surface area contributed by atoms with Crippen LogP contribution in [-0.2, 0) is 16.6 Å². The van der Waals surface area contributed by atoms with Gasteiger partial charge in [-0.1, -0.05) is 25.5 Å². The van der Waals surface area contributed by atoms with Gasteiger partial charge < -0.3 is 10.2 Å². The van der Waals surface area contributed by atoms with Crippen LogP contribution >= 0.6 is 11.3 Å². The largest absolute Gasteiger partial charge is 0.416 e. The highest BCUT2D eigenvalue weighted by Crippen LogP contribution is 2.72. The van der Waals surface area contributed by atoms with Crippen LogP contribution in [0.1, 0.15) is 68.1 Å². The summed E-state index contributed by atoms with van der Waals surface area (Å²) < 4.78 is 56.1. The molecule has 2 aromatic rings. The molecule has 0 aliphatic heterocycles. The first-order valence-electron chi connectivity index (χ1n) is 14.0. The summed E-state index contributed by atoms with van der Waals surface area (Å²) >= 11 is 1.07. The lowest BCUT2D eigenvalue weighted by Gasteiger charge is -2.62. The zero-order valence-electron chi connectivity index (χ0n) is 23.3. The number of benzene rings is 1. The molecule has 0 radical (unpaired) electrons. The summed E-state index contributed by atoms with van der Waals surface area (Å²) in [5, 5.41) is 28.4. The number of anilines is 1. The number of carbonyl (C=O) groups excluding carboxylic acids is 2. The van der Waals surface area contributed by atoms with Crippen molar-refractivity contribution < 1.29 is 37.4 Å². The molecule has 224 valence electrons. The first kappa shape index (κ1) is 29.2. The maximum atomic E-state index is 17.4. The van der Waals surface area contributed by atoms with E-state index in [-0.39, 0.29) is 34.7 Å². The Morgan fingerprint density at radius 1 is 1.17 bits per heavy atom. The minimum atomic E-state index is -4.52. The molecule has 1 amide bonds. The number of aliphatic hydroxyl groups is 2. The smallest absolute Gasteiger partial charge is 0.390 e. The SMILES string of the molecule is CC1CC2C3CCC4=CC(=O)C=CC4(C)C3(F)C(O)CC2(C)C1(O)c1csc(NC(=O)c2ccc(C(F)(F)F)cc2)n1. The third-order valence-electron chi connectivity index (χ3n) is 10.8. The van der Waals surface area contributed by atoms with E-state index in [0.717, 1.165) is 35.6 Å². The zero-order valence-corrected chi connectivity index (χ0v) is 24.2. The van der Waals surface area contributed by atoms with Crippen molar-refractivity contribution in [2.45, 2.75) is 70.0 Å². The number of ketones is 1. The average molecular weight is 605 g/mol. The number of rotatable bonds is 3. The first-order valence-corrected chi connectivity index (χ1v) is 14.9. The predicted molar refractivity (Wildman–Crippen MR) is 148 cm³/mol. The molecule has 1 aromatic heterocycles. The lowest BCUT2D eigenvalue weighted by Crippen LogP contribution is -2.68. The van der Waals surface area contributed by atoms with Gasteiger partial charge in [-0.2, -0.15) is 13.2 Å². The molecule has 0 bridgehead atoms. The normalized spacial score (nSPS) is 39.3. The highest BCUT2D eigenvalue weighted by molar-refractivity contribution is 7.14. The first-order chi connectivity index (χ1) is 19.6. The molecule has 0 saturated heterocycles. The molecule has 1 heterocycles. The third kappa shape index (κ3) is 3.85. The topological polar surface area (TPSA) is 99.5 Å². The average Bonchev–Trinajstić information content (AvgIpc) is 3.47. The molecule has 11 heteroatoms. The summed E-state index contributed by atoms with van der Waals surface area (Å²) in [6.07, 6.45) is -0.0477. The van der Waals surface area contributed by atoms with Crippen molar-refractivity contribution in [1.29, 1.82) is 0 Å². The fraction of sp³-hybridized carbons (Fsp3) is 0.516. The number of hydrogen-bond acceptors (Lipinski definition) is 6. The van der Waals surface area contributed by atoms with Gasteiger partial charge in [0, 0.05) is 27.7 Å². The molecule has 4 aliphatic rings. The second-order valence-electron chi connectivity index (χ2n) is 12.7. The monoisotopic (exact) mass is 604 g/mol. The molecule has 1 aromatic carbocycles. The van der Waals surface area contributed by atoms with Crippen LogP contribution in [-0.4, -0.2) is 38.7 Å². The number of hydrogen-bond donors (Lipinski definition) is 3. The van der Waals surface area contributed by atoms with Gasteiger partial charge in [0.15, 0.2) is 16.6 Å². The van der Waals surface area contributed by atoms with Gasteiger partial charge in [0.25, 0.3) is 5.91 Å². The van der Waals surface area contributed by atoms with Gasteiger partial charge >= 0.3 is 6.18 Å². The lowest BCUT2D eigenvalue weighted by molar-refractivity contribution is -0.223. The van der Waals surface area contributed by atoms with Crippen LogP contribution in [0, 0.1) is 28.6 Å². The number of thiazole rings is 1. The number of nitrogens with one attached hydrogen (secondary N) is 1. The van der Waals surface area contributed by atoms with Crippen LogP contribution in [0.5, 0.6) is 0 Å². The summed E-state index contributed by atoms with van der Waals surface area (Å²) in [5.74, 6) is -2.04. The van der Waals surface area contributed by atoms with E-state index >= 15 is 4.39 Å². The minimum Gasteiger partial charge on any atom is -0.390 e. The van der Waals surface area contributed by atoms with Gasteiger partial charge in [-0.3, -0.25) is 14.9 Å². The lowest BCUT2D eigenvalue weighted by atomic mass is 9.44. The van der Waals surface area contributed by atoms with Crippen molar-refractivity contribution in [2.24, 2.45) is 28.6 Å². The second kappa shape index (κ2) is 9.30. The molecular weight excluding hydrogens is 572 g/mol. The number of allylic oxidation sites excluding steroid dienone is 4. The minimum absolute atomic E-state index is 0.0204. The highest BCUT2D eigenvalue weighted by Gasteiger charge is 2.74. The van der Waals surface area contributed by atoms with Crippen molar-refractivity contribution in [3.8, 4) is 0 Å². The van der Waals surface area contributed by atoms with Crippen molar-refractivity contribution >= 4 is 28.2 Å². The van der Waals surface area contributed by atoms with Crippen LogP contribution < -0.4 is 5.32 Å². The molecule has 3 fully saturated rings. The van der Waals surface area contributed by atoms with Gasteiger partial charge in [-0.05, 0) is 80.9 Å². The third-order valence-corrected chi connectivity index (χ3v) is 11.6.